The number of para-hydroxylation sites is 1. The maximum Gasteiger partial charge on any atom is 0.321 e. The van der Waals surface area contributed by atoms with Crippen LogP contribution in [-0.2, 0) is 9.53 Å². The van der Waals surface area contributed by atoms with Gasteiger partial charge in [0.05, 0.1) is 30.4 Å². The number of carbonyl (C=O) groups is 3. The number of anilines is 2. The van der Waals surface area contributed by atoms with E-state index in [-0.39, 0.29) is 54.1 Å². The molecule has 4 amide bonds. The summed E-state index contributed by atoms with van der Waals surface area (Å²) in [7, 11) is 1.65. The van der Waals surface area contributed by atoms with Crippen molar-refractivity contribution in [1.82, 2.24) is 15.0 Å². The summed E-state index contributed by atoms with van der Waals surface area (Å²) in [5.74, 6) is -0.127. The van der Waals surface area contributed by atoms with Crippen molar-refractivity contribution in [3.63, 3.8) is 0 Å². The molecule has 1 saturated heterocycles. The highest BCUT2D eigenvalue weighted by Gasteiger charge is 2.35. The molecule has 3 heterocycles. The third kappa shape index (κ3) is 6.39. The van der Waals surface area contributed by atoms with Gasteiger partial charge in [0.25, 0.3) is 5.91 Å². The predicted molar refractivity (Wildman–Crippen MR) is 147 cm³/mol. The van der Waals surface area contributed by atoms with E-state index >= 15 is 0 Å². The van der Waals surface area contributed by atoms with Gasteiger partial charge in [0.2, 0.25) is 5.91 Å². The van der Waals surface area contributed by atoms with Crippen LogP contribution in [0.4, 0.5) is 16.2 Å². The number of aliphatic hydroxyl groups is 1. The Morgan fingerprint density at radius 1 is 1.23 bits per heavy atom. The van der Waals surface area contributed by atoms with Crippen molar-refractivity contribution in [1.29, 1.82) is 0 Å². The lowest BCUT2D eigenvalue weighted by Crippen LogP contribution is -2.50. The number of fused-ring (bicyclic) bond motifs is 1. The molecule has 2 aromatic rings. The third-order valence-corrected chi connectivity index (χ3v) is 7.61. The second-order valence-electron chi connectivity index (χ2n) is 10.7. The zero-order chi connectivity index (χ0) is 29.0. The molecule has 1 fully saturated rings. The molecule has 0 unspecified atom stereocenters. The molecule has 0 saturated carbocycles. The molecule has 0 radical (unpaired) electrons. The van der Waals surface area contributed by atoms with Gasteiger partial charge in [-0.3, -0.25) is 9.59 Å². The molecule has 2 aliphatic rings. The minimum Gasteiger partial charge on any atom is -0.485 e. The quantitative estimate of drug-likeness (QED) is 0.471. The molecule has 1 aromatic carbocycles. The number of aryl methyl sites for hydroxylation is 2. The summed E-state index contributed by atoms with van der Waals surface area (Å²) < 4.78 is 17.0. The molecule has 0 spiro atoms. The van der Waals surface area contributed by atoms with Crippen LogP contribution in [0.15, 0.2) is 22.7 Å². The van der Waals surface area contributed by atoms with Crippen LogP contribution in [0.3, 0.4) is 0 Å². The molecule has 3 N–H and O–H groups in total. The molecule has 0 bridgehead atoms. The summed E-state index contributed by atoms with van der Waals surface area (Å²) in [6.07, 6.45) is 0.696. The first-order valence-electron chi connectivity index (χ1n) is 13.7. The number of benzene rings is 1. The Bertz CT molecular complexity index is 1210. The van der Waals surface area contributed by atoms with Gasteiger partial charge in [-0.05, 0) is 45.7 Å². The summed E-state index contributed by atoms with van der Waals surface area (Å²) in [5, 5.41) is 19.6. The number of hydrogen-bond donors (Lipinski definition) is 3. The van der Waals surface area contributed by atoms with Crippen molar-refractivity contribution in [2.75, 3.05) is 50.6 Å². The smallest absolute Gasteiger partial charge is 0.321 e. The number of nitrogens with one attached hydrogen (secondary N) is 2. The fourth-order valence-electron chi connectivity index (χ4n) is 4.97. The Hall–Kier alpha value is -3.64. The van der Waals surface area contributed by atoms with Crippen LogP contribution < -0.4 is 15.4 Å². The van der Waals surface area contributed by atoms with Crippen molar-refractivity contribution < 1.29 is 33.5 Å². The number of nitrogens with zero attached hydrogens (tertiary/aromatic N) is 3. The van der Waals surface area contributed by atoms with Crippen molar-refractivity contribution in [3.8, 4) is 5.75 Å². The van der Waals surface area contributed by atoms with Crippen LogP contribution in [0.1, 0.15) is 48.5 Å². The number of urea groups is 1. The molecule has 0 aliphatic carbocycles. The Balaban J connectivity index is 1.63. The number of hydrogen-bond acceptors (Lipinski definition) is 8. The Kier molecular flexibility index (Phi) is 9.31. The summed E-state index contributed by atoms with van der Waals surface area (Å²) in [5.41, 5.74) is 1.76. The van der Waals surface area contributed by atoms with Crippen LogP contribution in [0.2, 0.25) is 0 Å². The van der Waals surface area contributed by atoms with Gasteiger partial charge in [-0.25, -0.2) is 4.79 Å². The molecular formula is C28H39N5O7. The molecule has 4 rings (SSSR count). The van der Waals surface area contributed by atoms with E-state index in [0.29, 0.717) is 55.4 Å². The number of aromatic nitrogens is 1. The first-order valence-corrected chi connectivity index (χ1v) is 13.7. The van der Waals surface area contributed by atoms with Gasteiger partial charge >= 0.3 is 6.03 Å². The summed E-state index contributed by atoms with van der Waals surface area (Å²) in [6.45, 7) is 8.51. The molecular weight excluding hydrogens is 518 g/mol. The summed E-state index contributed by atoms with van der Waals surface area (Å²) in [6, 6.07) is 4.25. The van der Waals surface area contributed by atoms with Crippen molar-refractivity contribution in [2.45, 2.75) is 52.7 Å². The maximum absolute atomic E-state index is 13.7. The van der Waals surface area contributed by atoms with Gasteiger partial charge in [0.1, 0.15) is 17.5 Å². The van der Waals surface area contributed by atoms with Gasteiger partial charge in [-0.15, -0.1) is 0 Å². The maximum atomic E-state index is 13.7. The van der Waals surface area contributed by atoms with Crippen LogP contribution in [0.25, 0.3) is 0 Å². The molecule has 12 heteroatoms. The van der Waals surface area contributed by atoms with Crippen molar-refractivity contribution >= 4 is 29.2 Å². The SMILES string of the molecule is Cc1noc(C)c1NC(=O)N(C)C[C@H]1Oc2c(NC(=O)C3CCOCC3)cccc2C(=O)N([C@@H](C)CO)C[C@H]1C. The van der Waals surface area contributed by atoms with E-state index < -0.39 is 12.1 Å². The van der Waals surface area contributed by atoms with Gasteiger partial charge in [-0.1, -0.05) is 18.1 Å². The number of ether oxygens (including phenoxy) is 2. The average Bonchev–Trinajstić information content (AvgIpc) is 3.27. The van der Waals surface area contributed by atoms with E-state index in [1.807, 2.05) is 6.92 Å². The van der Waals surface area contributed by atoms with E-state index in [0.717, 1.165) is 0 Å². The molecule has 1 aromatic heterocycles. The zero-order valence-corrected chi connectivity index (χ0v) is 23.7. The minimum absolute atomic E-state index is 0.157. The second-order valence-corrected chi connectivity index (χ2v) is 10.7. The summed E-state index contributed by atoms with van der Waals surface area (Å²) >= 11 is 0. The first kappa shape index (κ1) is 29.3. The lowest BCUT2D eigenvalue weighted by atomic mass is 9.98. The fraction of sp³-hybridized carbons (Fsp3) is 0.571. The molecule has 3 atom stereocenters. The molecule has 218 valence electrons. The second kappa shape index (κ2) is 12.7. The van der Waals surface area contributed by atoms with Crippen molar-refractivity contribution in [3.05, 3.63) is 35.2 Å². The van der Waals surface area contributed by atoms with E-state index in [1.165, 1.54) is 4.90 Å². The standard InChI is InChI=1S/C28H39N5O7/c1-16-13-33(17(2)15-34)27(36)21-7-6-8-22(29-26(35)20-9-11-38-12-10-20)25(21)39-23(16)14-32(5)28(37)30-24-18(3)31-40-19(24)4/h6-8,16-17,20,23,34H,9-15H2,1-5H3,(H,29,35)(H,30,37)/t16-,17+,23-/m1/s1. The largest absolute Gasteiger partial charge is 0.485 e. The van der Waals surface area contributed by atoms with Crippen LogP contribution in [0.5, 0.6) is 5.75 Å². The number of rotatable bonds is 7. The Morgan fingerprint density at radius 2 is 1.95 bits per heavy atom. The van der Waals surface area contributed by atoms with E-state index in [9.17, 15) is 19.5 Å². The zero-order valence-electron chi connectivity index (χ0n) is 23.7. The Morgan fingerprint density at radius 3 is 2.60 bits per heavy atom. The topological polar surface area (TPSA) is 146 Å². The first-order chi connectivity index (χ1) is 19.1. The number of aliphatic hydroxyl groups excluding tert-OH is 1. The van der Waals surface area contributed by atoms with Gasteiger partial charge in [0, 0.05) is 38.6 Å². The fourth-order valence-corrected chi connectivity index (χ4v) is 4.97. The monoisotopic (exact) mass is 557 g/mol. The predicted octanol–water partition coefficient (Wildman–Crippen LogP) is 3.04. The lowest BCUT2D eigenvalue weighted by molar-refractivity contribution is -0.122. The van der Waals surface area contributed by atoms with Gasteiger partial charge < -0.3 is 39.5 Å². The third-order valence-electron chi connectivity index (χ3n) is 7.61. The normalized spacial score (nSPS) is 20.6. The van der Waals surface area contributed by atoms with Crippen molar-refractivity contribution in [2.24, 2.45) is 11.8 Å². The number of amides is 4. The molecule has 2 aliphatic heterocycles. The number of likely N-dealkylation sites (N-methyl/N-ethyl adjacent to an activating group) is 1. The molecule has 40 heavy (non-hydrogen) atoms. The minimum atomic E-state index is -0.540. The van der Waals surface area contributed by atoms with E-state index in [1.54, 1.807) is 50.9 Å². The average molecular weight is 558 g/mol. The number of carbonyl (C=O) groups excluding carboxylic acids is 3. The highest BCUT2D eigenvalue weighted by molar-refractivity contribution is 6.02. The van der Waals surface area contributed by atoms with Gasteiger partial charge in [0.15, 0.2) is 11.5 Å². The highest BCUT2D eigenvalue weighted by atomic mass is 16.5. The van der Waals surface area contributed by atoms with E-state index in [4.69, 9.17) is 14.0 Å². The van der Waals surface area contributed by atoms with Crippen LogP contribution >= 0.6 is 0 Å². The van der Waals surface area contributed by atoms with Gasteiger partial charge in [-0.2, -0.15) is 0 Å². The molecule has 12 nitrogen and oxygen atoms in total. The van der Waals surface area contributed by atoms with Crippen LogP contribution in [0, 0.1) is 25.7 Å². The summed E-state index contributed by atoms with van der Waals surface area (Å²) in [4.78, 5) is 43.0. The van der Waals surface area contributed by atoms with Crippen LogP contribution in [-0.4, -0.2) is 90.0 Å². The van der Waals surface area contributed by atoms with E-state index in [2.05, 4.69) is 15.8 Å². The lowest BCUT2D eigenvalue weighted by Gasteiger charge is -2.38. The highest BCUT2D eigenvalue weighted by Crippen LogP contribution is 2.35. The Labute approximate surface area is 234 Å².